The number of rotatable bonds is 4. The summed E-state index contributed by atoms with van der Waals surface area (Å²) < 4.78 is 13.1. The molecule has 0 saturated heterocycles. The fourth-order valence-corrected chi connectivity index (χ4v) is 1.71. The van der Waals surface area contributed by atoms with Gasteiger partial charge in [0.1, 0.15) is 10.8 Å². The van der Waals surface area contributed by atoms with Gasteiger partial charge in [-0.05, 0) is 37.1 Å². The van der Waals surface area contributed by atoms with Crippen LogP contribution in [0.25, 0.3) is 0 Å². The molecule has 0 unspecified atom stereocenters. The Balaban J connectivity index is 2.77. The Morgan fingerprint density at radius 2 is 2.24 bits per heavy atom. The van der Waals surface area contributed by atoms with Crippen LogP contribution in [0, 0.1) is 12.7 Å². The molecule has 2 N–H and O–H groups in total. The van der Waals surface area contributed by atoms with Gasteiger partial charge in [0.05, 0.1) is 6.26 Å². The molecule has 2 nitrogen and oxygen atoms in total. The summed E-state index contributed by atoms with van der Waals surface area (Å²) in [6, 6.07) is 4.70. The summed E-state index contributed by atoms with van der Waals surface area (Å²) in [6.45, 7) is 3.70. The fourth-order valence-electron chi connectivity index (χ4n) is 1.44. The first-order valence-electron chi connectivity index (χ1n) is 5.49. The number of anilines is 1. The first kappa shape index (κ1) is 13.6. The van der Waals surface area contributed by atoms with Crippen LogP contribution in [0.4, 0.5) is 10.1 Å². The van der Waals surface area contributed by atoms with E-state index in [9.17, 15) is 4.39 Å². The molecule has 0 aromatic heterocycles. The molecule has 0 amide bonds. The number of aryl methyl sites for hydroxylation is 1. The molecule has 0 saturated carbocycles. The molecule has 1 aromatic rings. The van der Waals surface area contributed by atoms with Crippen molar-refractivity contribution < 1.29 is 9.50 Å². The average Bonchev–Trinajstić information content (AvgIpc) is 2.30. The largest absolute Gasteiger partial charge is 0.515 e. The van der Waals surface area contributed by atoms with Crippen molar-refractivity contribution in [3.63, 3.8) is 0 Å². The van der Waals surface area contributed by atoms with E-state index in [1.807, 2.05) is 6.92 Å². The predicted molar refractivity (Wildman–Crippen MR) is 73.0 cm³/mol. The van der Waals surface area contributed by atoms with E-state index in [1.54, 1.807) is 19.1 Å². The fraction of sp³-hybridized carbons (Fsp3) is 0.308. The summed E-state index contributed by atoms with van der Waals surface area (Å²) in [5.41, 5.74) is 1.97. The van der Waals surface area contributed by atoms with Gasteiger partial charge in [-0.1, -0.05) is 25.6 Å². The summed E-state index contributed by atoms with van der Waals surface area (Å²) in [4.78, 5) is 0.473. The second-order valence-electron chi connectivity index (χ2n) is 3.82. The summed E-state index contributed by atoms with van der Waals surface area (Å²) in [6.07, 6.45) is 2.63. The lowest BCUT2D eigenvalue weighted by molar-refractivity contribution is 0.467. The number of aliphatic hydroxyl groups excluding tert-OH is 1. The minimum absolute atomic E-state index is 0.243. The van der Waals surface area contributed by atoms with Crippen LogP contribution in [-0.2, 0) is 0 Å². The summed E-state index contributed by atoms with van der Waals surface area (Å²) in [7, 11) is 0. The number of nitrogens with one attached hydrogen (secondary N) is 1. The monoisotopic (exact) mass is 253 g/mol. The van der Waals surface area contributed by atoms with Crippen LogP contribution in [0.1, 0.15) is 25.3 Å². The minimum atomic E-state index is -0.243. The van der Waals surface area contributed by atoms with E-state index in [2.05, 4.69) is 5.32 Å². The quantitative estimate of drug-likeness (QED) is 0.481. The van der Waals surface area contributed by atoms with Crippen LogP contribution in [-0.4, -0.2) is 10.1 Å². The Morgan fingerprint density at radius 1 is 1.53 bits per heavy atom. The van der Waals surface area contributed by atoms with Crippen molar-refractivity contribution in [3.05, 3.63) is 41.4 Å². The molecule has 92 valence electrons. The molecular formula is C13H16FNOS. The molecular weight excluding hydrogens is 237 g/mol. The SMILES string of the molecule is CCCC(=CO)C(=S)Nc1ccc(F)c(C)c1. The number of aliphatic hydroxyl groups is 1. The Kier molecular flexibility index (Phi) is 5.10. The van der Waals surface area contributed by atoms with E-state index < -0.39 is 0 Å². The van der Waals surface area contributed by atoms with Gasteiger partial charge < -0.3 is 10.4 Å². The molecule has 4 heteroatoms. The molecule has 1 aromatic carbocycles. The second-order valence-corrected chi connectivity index (χ2v) is 4.23. The van der Waals surface area contributed by atoms with E-state index in [1.165, 1.54) is 6.07 Å². The summed E-state index contributed by atoms with van der Waals surface area (Å²) in [5, 5.41) is 12.0. The third-order valence-corrected chi connectivity index (χ3v) is 2.75. The van der Waals surface area contributed by atoms with Crippen molar-refractivity contribution >= 4 is 22.9 Å². The Morgan fingerprint density at radius 3 is 2.76 bits per heavy atom. The smallest absolute Gasteiger partial charge is 0.126 e. The van der Waals surface area contributed by atoms with Gasteiger partial charge in [0.25, 0.3) is 0 Å². The highest BCUT2D eigenvalue weighted by atomic mass is 32.1. The first-order chi connectivity index (χ1) is 8.08. The zero-order valence-electron chi connectivity index (χ0n) is 9.96. The second kappa shape index (κ2) is 6.35. The van der Waals surface area contributed by atoms with Crippen LogP contribution in [0.15, 0.2) is 30.0 Å². The zero-order valence-corrected chi connectivity index (χ0v) is 10.8. The lowest BCUT2D eigenvalue weighted by Gasteiger charge is -2.10. The predicted octanol–water partition coefficient (Wildman–Crippen LogP) is 4.12. The van der Waals surface area contributed by atoms with Gasteiger partial charge in [-0.25, -0.2) is 4.39 Å². The normalized spacial score (nSPS) is 11.4. The molecule has 0 aliphatic rings. The van der Waals surface area contributed by atoms with Crippen molar-refractivity contribution in [1.82, 2.24) is 0 Å². The van der Waals surface area contributed by atoms with Crippen molar-refractivity contribution in [3.8, 4) is 0 Å². The van der Waals surface area contributed by atoms with Crippen molar-refractivity contribution in [2.24, 2.45) is 0 Å². The average molecular weight is 253 g/mol. The third-order valence-electron chi connectivity index (χ3n) is 2.38. The maximum absolute atomic E-state index is 13.1. The van der Waals surface area contributed by atoms with E-state index in [0.29, 0.717) is 22.5 Å². The van der Waals surface area contributed by atoms with Crippen molar-refractivity contribution in [2.75, 3.05) is 5.32 Å². The number of hydrogen-bond acceptors (Lipinski definition) is 2. The van der Waals surface area contributed by atoms with E-state index >= 15 is 0 Å². The van der Waals surface area contributed by atoms with Crippen LogP contribution in [0.3, 0.4) is 0 Å². The van der Waals surface area contributed by atoms with Crippen molar-refractivity contribution in [2.45, 2.75) is 26.7 Å². The van der Waals surface area contributed by atoms with Gasteiger partial charge in [0, 0.05) is 11.3 Å². The lowest BCUT2D eigenvalue weighted by Crippen LogP contribution is -2.12. The molecule has 0 bridgehead atoms. The number of hydrogen-bond donors (Lipinski definition) is 2. The number of halogens is 1. The topological polar surface area (TPSA) is 32.3 Å². The van der Waals surface area contributed by atoms with Gasteiger partial charge in [0.2, 0.25) is 0 Å². The molecule has 0 aliphatic carbocycles. The van der Waals surface area contributed by atoms with Gasteiger partial charge in [-0.15, -0.1) is 0 Å². The molecule has 0 heterocycles. The maximum atomic E-state index is 13.1. The minimum Gasteiger partial charge on any atom is -0.515 e. The third kappa shape index (κ3) is 3.82. The molecule has 0 fully saturated rings. The highest BCUT2D eigenvalue weighted by Crippen LogP contribution is 2.16. The van der Waals surface area contributed by atoms with Crippen LogP contribution >= 0.6 is 12.2 Å². The first-order valence-corrected chi connectivity index (χ1v) is 5.90. The van der Waals surface area contributed by atoms with E-state index in [0.717, 1.165) is 18.4 Å². The van der Waals surface area contributed by atoms with Crippen LogP contribution in [0.2, 0.25) is 0 Å². The molecule has 17 heavy (non-hydrogen) atoms. The van der Waals surface area contributed by atoms with Gasteiger partial charge in [-0.2, -0.15) is 0 Å². The number of benzene rings is 1. The van der Waals surface area contributed by atoms with E-state index in [4.69, 9.17) is 17.3 Å². The maximum Gasteiger partial charge on any atom is 0.126 e. The summed E-state index contributed by atoms with van der Waals surface area (Å²) in [5.74, 6) is -0.243. The Bertz CT molecular complexity index is 443. The lowest BCUT2D eigenvalue weighted by atomic mass is 10.1. The molecule has 0 atom stereocenters. The van der Waals surface area contributed by atoms with Crippen LogP contribution in [0.5, 0.6) is 0 Å². The highest BCUT2D eigenvalue weighted by molar-refractivity contribution is 7.81. The number of thiocarbonyl (C=S) groups is 1. The Hall–Kier alpha value is -1.42. The highest BCUT2D eigenvalue weighted by Gasteiger charge is 2.06. The van der Waals surface area contributed by atoms with Gasteiger partial charge in [-0.3, -0.25) is 0 Å². The molecule has 0 spiro atoms. The molecule has 0 aliphatic heterocycles. The standard InChI is InChI=1S/C13H16FNOS/c1-3-4-10(8-16)13(17)15-11-5-6-12(14)9(2)7-11/h5-8,16H,3-4H2,1-2H3,(H,15,17). The molecule has 0 radical (unpaired) electrons. The van der Waals surface area contributed by atoms with Crippen molar-refractivity contribution in [1.29, 1.82) is 0 Å². The zero-order chi connectivity index (χ0) is 12.8. The molecule has 1 rings (SSSR count). The van der Waals surface area contributed by atoms with Gasteiger partial charge >= 0.3 is 0 Å². The summed E-state index contributed by atoms with van der Waals surface area (Å²) >= 11 is 5.17. The van der Waals surface area contributed by atoms with E-state index in [-0.39, 0.29) is 5.82 Å². The Labute approximate surface area is 106 Å². The van der Waals surface area contributed by atoms with Crippen LogP contribution < -0.4 is 5.32 Å². The van der Waals surface area contributed by atoms with Gasteiger partial charge in [0.15, 0.2) is 0 Å².